The minimum Gasteiger partial charge on any atom is -0.491 e. The van der Waals surface area contributed by atoms with E-state index >= 15 is 0 Å². The third-order valence-corrected chi connectivity index (χ3v) is 3.26. The molecule has 1 N–H and O–H groups in total. The number of para-hydroxylation sites is 1. The van der Waals surface area contributed by atoms with Crippen molar-refractivity contribution in [2.24, 2.45) is 0 Å². The summed E-state index contributed by atoms with van der Waals surface area (Å²) in [4.78, 5) is 0. The molecular formula is C15H23NO2. The molecule has 0 radical (unpaired) electrons. The monoisotopic (exact) mass is 249 g/mol. The second-order valence-electron chi connectivity index (χ2n) is 4.71. The predicted molar refractivity (Wildman–Crippen MR) is 73.0 cm³/mol. The first-order valence-corrected chi connectivity index (χ1v) is 6.94. The second-order valence-corrected chi connectivity index (χ2v) is 4.71. The van der Waals surface area contributed by atoms with Crippen LogP contribution in [0.1, 0.15) is 25.7 Å². The quantitative estimate of drug-likeness (QED) is 0.754. The Balaban J connectivity index is 1.46. The third kappa shape index (κ3) is 5.07. The minimum atomic E-state index is 0.627. The molecule has 100 valence electrons. The van der Waals surface area contributed by atoms with Crippen LogP contribution in [0, 0.1) is 0 Å². The van der Waals surface area contributed by atoms with Crippen LogP contribution in [0.4, 0.5) is 0 Å². The number of nitrogens with one attached hydrogen (secondary N) is 1. The van der Waals surface area contributed by atoms with Crippen LogP contribution in [0.3, 0.4) is 0 Å². The van der Waals surface area contributed by atoms with E-state index in [1.165, 1.54) is 25.8 Å². The van der Waals surface area contributed by atoms with Crippen molar-refractivity contribution in [2.75, 3.05) is 26.4 Å². The standard InChI is InChI=1S/C15H23NO2/c1-2-7-15(8-3-1)18-13-12-17-11-9-14-6-4-5-10-16-14/h1-3,7-8,14,16H,4-6,9-13H2. The first-order valence-electron chi connectivity index (χ1n) is 6.94. The summed E-state index contributed by atoms with van der Waals surface area (Å²) in [6.45, 7) is 3.29. The lowest BCUT2D eigenvalue weighted by Gasteiger charge is -2.23. The van der Waals surface area contributed by atoms with Gasteiger partial charge >= 0.3 is 0 Å². The first-order chi connectivity index (χ1) is 8.95. The van der Waals surface area contributed by atoms with Crippen LogP contribution in [0.15, 0.2) is 30.3 Å². The largest absolute Gasteiger partial charge is 0.491 e. The zero-order valence-corrected chi connectivity index (χ0v) is 10.9. The fourth-order valence-corrected chi connectivity index (χ4v) is 2.23. The van der Waals surface area contributed by atoms with Gasteiger partial charge in [-0.15, -0.1) is 0 Å². The Morgan fingerprint density at radius 3 is 2.72 bits per heavy atom. The molecule has 1 heterocycles. The maximum absolute atomic E-state index is 5.59. The highest BCUT2D eigenvalue weighted by Crippen LogP contribution is 2.10. The van der Waals surface area contributed by atoms with E-state index in [9.17, 15) is 0 Å². The number of hydrogen-bond acceptors (Lipinski definition) is 3. The normalized spacial score (nSPS) is 19.7. The molecule has 0 aromatic heterocycles. The van der Waals surface area contributed by atoms with Crippen molar-refractivity contribution in [1.82, 2.24) is 5.32 Å². The molecule has 0 aliphatic carbocycles. The highest BCUT2D eigenvalue weighted by atomic mass is 16.5. The van der Waals surface area contributed by atoms with Gasteiger partial charge in [0.05, 0.1) is 6.61 Å². The summed E-state index contributed by atoms with van der Waals surface area (Å²) in [6, 6.07) is 10.5. The molecule has 2 rings (SSSR count). The molecule has 1 unspecified atom stereocenters. The summed E-state index contributed by atoms with van der Waals surface area (Å²) in [5.74, 6) is 0.912. The van der Waals surface area contributed by atoms with Gasteiger partial charge in [0, 0.05) is 12.6 Å². The Bertz CT molecular complexity index is 310. The van der Waals surface area contributed by atoms with E-state index in [2.05, 4.69) is 5.32 Å². The van der Waals surface area contributed by atoms with Crippen molar-refractivity contribution in [3.05, 3.63) is 30.3 Å². The lowest BCUT2D eigenvalue weighted by molar-refractivity contribution is 0.0911. The molecule has 18 heavy (non-hydrogen) atoms. The molecule has 3 nitrogen and oxygen atoms in total. The Morgan fingerprint density at radius 2 is 1.94 bits per heavy atom. The number of hydrogen-bond donors (Lipinski definition) is 1. The average Bonchev–Trinajstić information content (AvgIpc) is 2.45. The molecular weight excluding hydrogens is 226 g/mol. The van der Waals surface area contributed by atoms with E-state index in [1.54, 1.807) is 0 Å². The second kappa shape index (κ2) is 8.11. The fraction of sp³-hybridized carbons (Fsp3) is 0.600. The van der Waals surface area contributed by atoms with E-state index in [0.29, 0.717) is 19.3 Å². The number of rotatable bonds is 7. The van der Waals surface area contributed by atoms with Gasteiger partial charge < -0.3 is 14.8 Å². The topological polar surface area (TPSA) is 30.5 Å². The molecule has 3 heteroatoms. The van der Waals surface area contributed by atoms with Gasteiger partial charge in [-0.1, -0.05) is 24.6 Å². The maximum Gasteiger partial charge on any atom is 0.119 e. The average molecular weight is 249 g/mol. The van der Waals surface area contributed by atoms with Crippen molar-refractivity contribution >= 4 is 0 Å². The fourth-order valence-electron chi connectivity index (χ4n) is 2.23. The van der Waals surface area contributed by atoms with Gasteiger partial charge in [-0.25, -0.2) is 0 Å². The zero-order chi connectivity index (χ0) is 12.5. The summed E-state index contributed by atoms with van der Waals surface area (Å²) in [5, 5.41) is 3.52. The van der Waals surface area contributed by atoms with Crippen LogP contribution < -0.4 is 10.1 Å². The van der Waals surface area contributed by atoms with Gasteiger partial charge in [0.1, 0.15) is 12.4 Å². The maximum atomic E-state index is 5.59. The van der Waals surface area contributed by atoms with Gasteiger partial charge in [-0.3, -0.25) is 0 Å². The number of benzene rings is 1. The van der Waals surface area contributed by atoms with Crippen molar-refractivity contribution in [2.45, 2.75) is 31.7 Å². The summed E-state index contributed by atoms with van der Waals surface area (Å²) in [6.07, 6.45) is 5.09. The predicted octanol–water partition coefficient (Wildman–Crippen LogP) is 2.61. The summed E-state index contributed by atoms with van der Waals surface area (Å²) in [5.41, 5.74) is 0. The molecule has 1 aromatic rings. The SMILES string of the molecule is c1ccc(OCCOCCC2CCCCN2)cc1. The van der Waals surface area contributed by atoms with E-state index in [1.807, 2.05) is 30.3 Å². The minimum absolute atomic E-state index is 0.627. The molecule has 1 saturated heterocycles. The summed E-state index contributed by atoms with van der Waals surface area (Å²) in [7, 11) is 0. The zero-order valence-electron chi connectivity index (χ0n) is 10.9. The van der Waals surface area contributed by atoms with E-state index in [4.69, 9.17) is 9.47 Å². The molecule has 0 saturated carbocycles. The highest BCUT2D eigenvalue weighted by molar-refractivity contribution is 5.20. The number of piperidine rings is 1. The van der Waals surface area contributed by atoms with E-state index in [-0.39, 0.29) is 0 Å². The molecule has 0 bridgehead atoms. The van der Waals surface area contributed by atoms with Gasteiger partial charge in [0.2, 0.25) is 0 Å². The third-order valence-electron chi connectivity index (χ3n) is 3.26. The Labute approximate surface area is 109 Å². The highest BCUT2D eigenvalue weighted by Gasteiger charge is 2.11. The van der Waals surface area contributed by atoms with Crippen LogP contribution in [0.5, 0.6) is 5.75 Å². The van der Waals surface area contributed by atoms with Crippen LogP contribution in [0.2, 0.25) is 0 Å². The Kier molecular flexibility index (Phi) is 6.03. The lowest BCUT2D eigenvalue weighted by atomic mass is 10.0. The molecule has 1 atom stereocenters. The van der Waals surface area contributed by atoms with Crippen LogP contribution in [-0.2, 0) is 4.74 Å². The molecule has 0 spiro atoms. The van der Waals surface area contributed by atoms with Gasteiger partial charge in [0.25, 0.3) is 0 Å². The summed E-state index contributed by atoms with van der Waals surface area (Å²) >= 11 is 0. The van der Waals surface area contributed by atoms with Crippen LogP contribution in [-0.4, -0.2) is 32.4 Å². The van der Waals surface area contributed by atoms with Gasteiger partial charge in [0.15, 0.2) is 0 Å². The van der Waals surface area contributed by atoms with Gasteiger partial charge in [-0.2, -0.15) is 0 Å². The van der Waals surface area contributed by atoms with Crippen LogP contribution >= 0.6 is 0 Å². The smallest absolute Gasteiger partial charge is 0.119 e. The molecule has 1 fully saturated rings. The number of ether oxygens (including phenoxy) is 2. The van der Waals surface area contributed by atoms with E-state index in [0.717, 1.165) is 18.8 Å². The molecule has 0 amide bonds. The van der Waals surface area contributed by atoms with E-state index < -0.39 is 0 Å². The van der Waals surface area contributed by atoms with Crippen LogP contribution in [0.25, 0.3) is 0 Å². The van der Waals surface area contributed by atoms with Crippen molar-refractivity contribution in [3.8, 4) is 5.75 Å². The first kappa shape index (κ1) is 13.4. The van der Waals surface area contributed by atoms with Crippen molar-refractivity contribution in [3.63, 3.8) is 0 Å². The summed E-state index contributed by atoms with van der Waals surface area (Å²) < 4.78 is 11.2. The van der Waals surface area contributed by atoms with Crippen molar-refractivity contribution in [1.29, 1.82) is 0 Å². The molecule has 1 aliphatic rings. The molecule has 1 aliphatic heterocycles. The lowest BCUT2D eigenvalue weighted by Crippen LogP contribution is -2.34. The molecule has 1 aromatic carbocycles. The van der Waals surface area contributed by atoms with Gasteiger partial charge in [-0.05, 0) is 37.9 Å². The van der Waals surface area contributed by atoms with Crippen molar-refractivity contribution < 1.29 is 9.47 Å². The Hall–Kier alpha value is -1.06. The Morgan fingerprint density at radius 1 is 1.06 bits per heavy atom.